The molecular formula is C14H23N3O. The maximum absolute atomic E-state index is 11.9. The molecule has 0 saturated heterocycles. The molecule has 0 fully saturated rings. The summed E-state index contributed by atoms with van der Waals surface area (Å²) in [5, 5.41) is 2.85. The number of hydrogen-bond donors (Lipinski definition) is 2. The lowest BCUT2D eigenvalue weighted by Gasteiger charge is -2.16. The molecule has 0 aromatic heterocycles. The van der Waals surface area contributed by atoms with Crippen molar-refractivity contribution < 1.29 is 4.79 Å². The molecule has 0 heterocycles. The zero-order chi connectivity index (χ0) is 13.7. The van der Waals surface area contributed by atoms with Gasteiger partial charge in [0.25, 0.3) is 0 Å². The number of anilines is 2. The van der Waals surface area contributed by atoms with Crippen LogP contribution < -0.4 is 16.0 Å². The quantitative estimate of drug-likeness (QED) is 0.840. The van der Waals surface area contributed by atoms with Crippen molar-refractivity contribution in [3.05, 3.63) is 24.3 Å². The van der Waals surface area contributed by atoms with E-state index in [9.17, 15) is 4.79 Å². The Balaban J connectivity index is 2.67. The normalized spacial score (nSPS) is 12.3. The predicted molar refractivity (Wildman–Crippen MR) is 76.8 cm³/mol. The zero-order valence-electron chi connectivity index (χ0n) is 11.6. The summed E-state index contributed by atoms with van der Waals surface area (Å²) < 4.78 is 0. The fourth-order valence-corrected chi connectivity index (χ4v) is 1.71. The molecule has 100 valence electrons. The highest BCUT2D eigenvalue weighted by Crippen LogP contribution is 2.17. The number of nitrogens with two attached hydrogens (primary N) is 1. The molecule has 0 spiro atoms. The van der Waals surface area contributed by atoms with Gasteiger partial charge in [0, 0.05) is 25.5 Å². The molecular weight excluding hydrogens is 226 g/mol. The maximum atomic E-state index is 11.9. The third kappa shape index (κ3) is 4.37. The van der Waals surface area contributed by atoms with E-state index in [-0.39, 0.29) is 5.91 Å². The van der Waals surface area contributed by atoms with Crippen LogP contribution in [0, 0.1) is 5.92 Å². The Labute approximate surface area is 109 Å². The summed E-state index contributed by atoms with van der Waals surface area (Å²) >= 11 is 0. The van der Waals surface area contributed by atoms with Crippen molar-refractivity contribution in [2.24, 2.45) is 11.7 Å². The van der Waals surface area contributed by atoms with Crippen molar-refractivity contribution in [1.82, 2.24) is 0 Å². The fourth-order valence-electron chi connectivity index (χ4n) is 1.71. The molecule has 0 saturated carbocycles. The summed E-state index contributed by atoms with van der Waals surface area (Å²) in [6.45, 7) is 4.11. The number of rotatable bonds is 5. The first-order valence-electron chi connectivity index (χ1n) is 6.24. The van der Waals surface area contributed by atoms with Crippen molar-refractivity contribution in [3.63, 3.8) is 0 Å². The number of carbonyl (C=O) groups excluding carboxylic acids is 1. The van der Waals surface area contributed by atoms with Gasteiger partial charge in [0.2, 0.25) is 5.91 Å². The van der Waals surface area contributed by atoms with Gasteiger partial charge in [-0.3, -0.25) is 4.79 Å². The largest absolute Gasteiger partial charge is 0.378 e. The van der Waals surface area contributed by atoms with Crippen molar-refractivity contribution in [2.45, 2.75) is 26.3 Å². The average molecular weight is 249 g/mol. The molecule has 0 aliphatic heterocycles. The van der Waals surface area contributed by atoms with E-state index in [1.54, 1.807) is 0 Å². The predicted octanol–water partition coefficient (Wildman–Crippen LogP) is 2.06. The summed E-state index contributed by atoms with van der Waals surface area (Å²) in [4.78, 5) is 13.9. The van der Waals surface area contributed by atoms with Crippen LogP contribution in [0.3, 0.4) is 0 Å². The van der Waals surface area contributed by atoms with E-state index < -0.39 is 6.04 Å². The molecule has 0 radical (unpaired) electrons. The standard InChI is InChI=1S/C14H23N3O/c1-10(2)8-13(15)14(18)16-11-6-5-7-12(9-11)17(3)4/h5-7,9-10,13H,8,15H2,1-4H3,(H,16,18). The van der Waals surface area contributed by atoms with Crippen LogP contribution in [0.4, 0.5) is 11.4 Å². The van der Waals surface area contributed by atoms with Gasteiger partial charge >= 0.3 is 0 Å². The van der Waals surface area contributed by atoms with Crippen molar-refractivity contribution in [2.75, 3.05) is 24.3 Å². The summed E-state index contributed by atoms with van der Waals surface area (Å²) in [6.07, 6.45) is 0.694. The minimum absolute atomic E-state index is 0.125. The molecule has 1 aromatic rings. The molecule has 18 heavy (non-hydrogen) atoms. The maximum Gasteiger partial charge on any atom is 0.241 e. The highest BCUT2D eigenvalue weighted by molar-refractivity contribution is 5.95. The highest BCUT2D eigenvalue weighted by atomic mass is 16.2. The van der Waals surface area contributed by atoms with E-state index in [2.05, 4.69) is 19.2 Å². The minimum Gasteiger partial charge on any atom is -0.378 e. The number of nitrogens with one attached hydrogen (secondary N) is 1. The van der Waals surface area contributed by atoms with Gasteiger partial charge in [-0.2, -0.15) is 0 Å². The van der Waals surface area contributed by atoms with Crippen LogP contribution >= 0.6 is 0 Å². The molecule has 0 aliphatic carbocycles. The third-order valence-electron chi connectivity index (χ3n) is 2.69. The molecule has 3 N–H and O–H groups in total. The van der Waals surface area contributed by atoms with Crippen LogP contribution in [0.5, 0.6) is 0 Å². The number of benzene rings is 1. The molecule has 4 heteroatoms. The lowest BCUT2D eigenvalue weighted by molar-refractivity contribution is -0.117. The first-order chi connectivity index (χ1) is 8.40. The monoisotopic (exact) mass is 249 g/mol. The fraction of sp³-hybridized carbons (Fsp3) is 0.500. The lowest BCUT2D eigenvalue weighted by atomic mass is 10.0. The van der Waals surface area contributed by atoms with E-state index in [4.69, 9.17) is 5.73 Å². The van der Waals surface area contributed by atoms with Gasteiger partial charge in [-0.25, -0.2) is 0 Å². The number of hydrogen-bond acceptors (Lipinski definition) is 3. The molecule has 1 unspecified atom stereocenters. The van der Waals surface area contributed by atoms with Crippen molar-refractivity contribution >= 4 is 17.3 Å². The van der Waals surface area contributed by atoms with Crippen LogP contribution in [0.15, 0.2) is 24.3 Å². The number of nitrogens with zero attached hydrogens (tertiary/aromatic N) is 1. The van der Waals surface area contributed by atoms with Gasteiger partial charge in [-0.05, 0) is 30.5 Å². The number of amides is 1. The summed E-state index contributed by atoms with van der Waals surface area (Å²) in [5.74, 6) is 0.290. The number of carbonyl (C=O) groups is 1. The topological polar surface area (TPSA) is 58.4 Å². The first-order valence-corrected chi connectivity index (χ1v) is 6.24. The Kier molecular flexibility index (Phi) is 5.16. The summed E-state index contributed by atoms with van der Waals surface area (Å²) in [7, 11) is 3.93. The molecule has 1 aromatic carbocycles. The van der Waals surface area contributed by atoms with E-state index in [0.29, 0.717) is 12.3 Å². The van der Waals surface area contributed by atoms with Gasteiger partial charge < -0.3 is 16.0 Å². The minimum atomic E-state index is -0.451. The van der Waals surface area contributed by atoms with Gasteiger partial charge in [0.15, 0.2) is 0 Å². The second kappa shape index (κ2) is 6.40. The van der Waals surface area contributed by atoms with E-state index in [1.807, 2.05) is 43.3 Å². The van der Waals surface area contributed by atoms with Crippen LogP contribution in [0.1, 0.15) is 20.3 Å². The van der Waals surface area contributed by atoms with E-state index in [0.717, 1.165) is 11.4 Å². The smallest absolute Gasteiger partial charge is 0.241 e. The van der Waals surface area contributed by atoms with Crippen LogP contribution in [-0.4, -0.2) is 26.0 Å². The molecule has 0 bridgehead atoms. The SMILES string of the molecule is CC(C)CC(N)C(=O)Nc1cccc(N(C)C)c1. The Bertz CT molecular complexity index is 402. The third-order valence-corrected chi connectivity index (χ3v) is 2.69. The Morgan fingerprint density at radius 3 is 2.61 bits per heavy atom. The van der Waals surface area contributed by atoms with Crippen molar-refractivity contribution in [1.29, 1.82) is 0 Å². The van der Waals surface area contributed by atoms with Gasteiger partial charge in [0.1, 0.15) is 0 Å². The molecule has 1 rings (SSSR count). The van der Waals surface area contributed by atoms with E-state index >= 15 is 0 Å². The zero-order valence-corrected chi connectivity index (χ0v) is 11.6. The second-order valence-electron chi connectivity index (χ2n) is 5.17. The van der Waals surface area contributed by atoms with Crippen LogP contribution in [0.25, 0.3) is 0 Å². The second-order valence-corrected chi connectivity index (χ2v) is 5.17. The lowest BCUT2D eigenvalue weighted by Crippen LogP contribution is -2.36. The summed E-state index contributed by atoms with van der Waals surface area (Å²) in [5.41, 5.74) is 7.67. The highest BCUT2D eigenvalue weighted by Gasteiger charge is 2.15. The summed E-state index contributed by atoms with van der Waals surface area (Å²) in [6, 6.07) is 7.25. The molecule has 1 atom stereocenters. The molecule has 0 aliphatic rings. The van der Waals surface area contributed by atoms with Gasteiger partial charge in [-0.15, -0.1) is 0 Å². The molecule has 1 amide bonds. The van der Waals surface area contributed by atoms with Gasteiger partial charge in [0.05, 0.1) is 6.04 Å². The van der Waals surface area contributed by atoms with Crippen molar-refractivity contribution in [3.8, 4) is 0 Å². The molecule has 4 nitrogen and oxygen atoms in total. The Hall–Kier alpha value is -1.55. The Morgan fingerprint density at radius 1 is 1.39 bits per heavy atom. The first kappa shape index (κ1) is 14.5. The van der Waals surface area contributed by atoms with Crippen LogP contribution in [-0.2, 0) is 4.79 Å². The average Bonchev–Trinajstić information content (AvgIpc) is 2.28. The van der Waals surface area contributed by atoms with E-state index in [1.165, 1.54) is 0 Å². The van der Waals surface area contributed by atoms with Crippen LogP contribution in [0.2, 0.25) is 0 Å². The van der Waals surface area contributed by atoms with Gasteiger partial charge in [-0.1, -0.05) is 19.9 Å². The Morgan fingerprint density at radius 2 is 2.06 bits per heavy atom.